The molecule has 0 saturated carbocycles. The van der Waals surface area contributed by atoms with Crippen molar-refractivity contribution in [1.29, 1.82) is 5.26 Å². The molecule has 0 saturated heterocycles. The fourth-order valence-electron chi connectivity index (χ4n) is 1.38. The standard InChI is InChI=1S/C13H21N3/c1-5-9-13(15-4)16(12(3)6-2)11-8-7-10-14/h5,9,15H,1,3,6-8,11H2,2,4H3/b13-9+. The maximum atomic E-state index is 8.54. The van der Waals surface area contributed by atoms with Crippen molar-refractivity contribution in [2.45, 2.75) is 26.2 Å². The first-order valence-electron chi connectivity index (χ1n) is 5.54. The van der Waals surface area contributed by atoms with Crippen molar-refractivity contribution in [1.82, 2.24) is 10.2 Å². The topological polar surface area (TPSA) is 39.1 Å². The predicted molar refractivity (Wildman–Crippen MR) is 68.3 cm³/mol. The molecular weight excluding hydrogens is 198 g/mol. The number of allylic oxidation sites excluding steroid dienone is 3. The molecule has 3 heteroatoms. The van der Waals surface area contributed by atoms with E-state index < -0.39 is 0 Å². The molecule has 0 aliphatic rings. The molecule has 0 unspecified atom stereocenters. The minimum Gasteiger partial charge on any atom is -0.375 e. The highest BCUT2D eigenvalue weighted by Crippen LogP contribution is 2.13. The van der Waals surface area contributed by atoms with E-state index in [0.29, 0.717) is 6.42 Å². The third-order valence-electron chi connectivity index (χ3n) is 2.28. The SMILES string of the molecule is C=C/C=C(\NC)N(CCCC#N)C(=C)CC. The van der Waals surface area contributed by atoms with E-state index in [1.165, 1.54) is 0 Å². The lowest BCUT2D eigenvalue weighted by molar-refractivity contribution is 0.387. The van der Waals surface area contributed by atoms with Crippen LogP contribution in [-0.2, 0) is 0 Å². The largest absolute Gasteiger partial charge is 0.375 e. The summed E-state index contributed by atoms with van der Waals surface area (Å²) in [6, 6.07) is 2.15. The molecule has 3 nitrogen and oxygen atoms in total. The number of nitriles is 1. The zero-order valence-electron chi connectivity index (χ0n) is 10.3. The molecule has 0 atom stereocenters. The molecule has 0 aliphatic carbocycles. The van der Waals surface area contributed by atoms with E-state index in [4.69, 9.17) is 5.26 Å². The number of hydrogen-bond acceptors (Lipinski definition) is 3. The van der Waals surface area contributed by atoms with Crippen LogP contribution in [0.2, 0.25) is 0 Å². The van der Waals surface area contributed by atoms with E-state index >= 15 is 0 Å². The van der Waals surface area contributed by atoms with Crippen LogP contribution in [0.4, 0.5) is 0 Å². The van der Waals surface area contributed by atoms with Gasteiger partial charge in [-0.1, -0.05) is 26.2 Å². The summed E-state index contributed by atoms with van der Waals surface area (Å²) in [5.74, 6) is 0.972. The van der Waals surface area contributed by atoms with Crippen LogP contribution in [0.15, 0.2) is 36.8 Å². The fraction of sp³-hybridized carbons (Fsp3) is 0.462. The molecule has 0 aromatic heterocycles. The summed E-state index contributed by atoms with van der Waals surface area (Å²) in [5, 5.41) is 11.7. The van der Waals surface area contributed by atoms with Gasteiger partial charge in [0.05, 0.1) is 6.07 Å². The Kier molecular flexibility index (Phi) is 7.70. The molecular formula is C13H21N3. The zero-order valence-corrected chi connectivity index (χ0v) is 10.3. The normalized spacial score (nSPS) is 10.4. The third-order valence-corrected chi connectivity index (χ3v) is 2.28. The lowest BCUT2D eigenvalue weighted by Crippen LogP contribution is -2.29. The minimum absolute atomic E-state index is 0.568. The Hall–Kier alpha value is -1.69. The third kappa shape index (κ3) is 4.70. The molecule has 0 radical (unpaired) electrons. The second-order valence-corrected chi connectivity index (χ2v) is 3.37. The van der Waals surface area contributed by atoms with Gasteiger partial charge >= 0.3 is 0 Å². The molecule has 0 aromatic carbocycles. The van der Waals surface area contributed by atoms with Gasteiger partial charge in [0.15, 0.2) is 0 Å². The van der Waals surface area contributed by atoms with Crippen molar-refractivity contribution in [2.75, 3.05) is 13.6 Å². The second-order valence-electron chi connectivity index (χ2n) is 3.37. The van der Waals surface area contributed by atoms with Gasteiger partial charge in [-0.05, 0) is 18.9 Å². The maximum Gasteiger partial charge on any atom is 0.105 e. The molecule has 0 aromatic rings. The molecule has 0 bridgehead atoms. The molecule has 16 heavy (non-hydrogen) atoms. The molecule has 0 heterocycles. The van der Waals surface area contributed by atoms with Crippen LogP contribution in [-0.4, -0.2) is 18.5 Å². The van der Waals surface area contributed by atoms with Crippen molar-refractivity contribution < 1.29 is 0 Å². The average molecular weight is 219 g/mol. The number of nitrogens with one attached hydrogen (secondary N) is 1. The predicted octanol–water partition coefficient (Wildman–Crippen LogP) is 2.76. The number of rotatable bonds is 8. The van der Waals surface area contributed by atoms with Gasteiger partial charge in [0.2, 0.25) is 0 Å². The number of nitrogens with zero attached hydrogens (tertiary/aromatic N) is 2. The summed E-state index contributed by atoms with van der Waals surface area (Å²) in [6.45, 7) is 10.6. The second kappa shape index (κ2) is 8.60. The Morgan fingerprint density at radius 3 is 2.69 bits per heavy atom. The molecule has 0 fully saturated rings. The molecule has 0 amide bonds. The van der Waals surface area contributed by atoms with Crippen LogP contribution < -0.4 is 5.32 Å². The first kappa shape index (κ1) is 14.3. The quantitative estimate of drug-likeness (QED) is 0.504. The Bertz CT molecular complexity index is 297. The van der Waals surface area contributed by atoms with Crippen LogP contribution in [0.1, 0.15) is 26.2 Å². The molecule has 88 valence electrons. The Labute approximate surface area is 98.8 Å². The van der Waals surface area contributed by atoms with Crippen molar-refractivity contribution >= 4 is 0 Å². The highest BCUT2D eigenvalue weighted by Gasteiger charge is 2.09. The van der Waals surface area contributed by atoms with Crippen molar-refractivity contribution in [3.8, 4) is 6.07 Å². The number of unbranched alkanes of at least 4 members (excludes halogenated alkanes) is 1. The summed E-state index contributed by atoms with van der Waals surface area (Å²) in [6.07, 6.45) is 5.95. The van der Waals surface area contributed by atoms with Gasteiger partial charge in [-0.15, -0.1) is 0 Å². The molecule has 0 spiro atoms. The van der Waals surface area contributed by atoms with Gasteiger partial charge in [-0.25, -0.2) is 0 Å². The Morgan fingerprint density at radius 2 is 2.25 bits per heavy atom. The summed E-state index contributed by atoms with van der Waals surface area (Å²) in [4.78, 5) is 2.10. The van der Waals surface area contributed by atoms with E-state index in [0.717, 1.165) is 30.9 Å². The van der Waals surface area contributed by atoms with E-state index in [9.17, 15) is 0 Å². The highest BCUT2D eigenvalue weighted by atomic mass is 15.2. The summed E-state index contributed by atoms with van der Waals surface area (Å²) >= 11 is 0. The summed E-state index contributed by atoms with van der Waals surface area (Å²) in [5.41, 5.74) is 1.04. The van der Waals surface area contributed by atoms with Gasteiger partial charge in [0.25, 0.3) is 0 Å². The van der Waals surface area contributed by atoms with E-state index in [-0.39, 0.29) is 0 Å². The fourth-order valence-corrected chi connectivity index (χ4v) is 1.38. The van der Waals surface area contributed by atoms with Crippen LogP contribution in [0.3, 0.4) is 0 Å². The Balaban J connectivity index is 4.64. The van der Waals surface area contributed by atoms with Crippen LogP contribution >= 0.6 is 0 Å². The average Bonchev–Trinajstić information content (AvgIpc) is 2.31. The monoisotopic (exact) mass is 219 g/mol. The summed E-state index contributed by atoms with van der Waals surface area (Å²) < 4.78 is 0. The first-order chi connectivity index (χ1) is 7.71. The first-order valence-corrected chi connectivity index (χ1v) is 5.54. The van der Waals surface area contributed by atoms with E-state index in [1.54, 1.807) is 6.08 Å². The van der Waals surface area contributed by atoms with Gasteiger partial charge in [0, 0.05) is 25.7 Å². The van der Waals surface area contributed by atoms with Crippen LogP contribution in [0, 0.1) is 11.3 Å². The van der Waals surface area contributed by atoms with Crippen molar-refractivity contribution in [2.24, 2.45) is 0 Å². The minimum atomic E-state index is 0.568. The molecule has 0 aliphatic heterocycles. The Morgan fingerprint density at radius 1 is 1.56 bits per heavy atom. The van der Waals surface area contributed by atoms with E-state index in [1.807, 2.05) is 13.1 Å². The van der Waals surface area contributed by atoms with Crippen LogP contribution in [0.25, 0.3) is 0 Å². The lowest BCUT2D eigenvalue weighted by atomic mass is 10.2. The highest BCUT2D eigenvalue weighted by molar-refractivity contribution is 5.13. The summed E-state index contributed by atoms with van der Waals surface area (Å²) in [7, 11) is 1.87. The molecule has 0 rings (SSSR count). The van der Waals surface area contributed by atoms with Gasteiger partial charge in [-0.3, -0.25) is 0 Å². The van der Waals surface area contributed by atoms with Crippen LogP contribution in [0.5, 0.6) is 0 Å². The van der Waals surface area contributed by atoms with Gasteiger partial charge in [-0.2, -0.15) is 5.26 Å². The van der Waals surface area contributed by atoms with Gasteiger partial charge in [0.1, 0.15) is 5.82 Å². The number of hydrogen-bond donors (Lipinski definition) is 1. The zero-order chi connectivity index (χ0) is 12.4. The van der Waals surface area contributed by atoms with Crippen molar-refractivity contribution in [3.63, 3.8) is 0 Å². The molecule has 1 N–H and O–H groups in total. The lowest BCUT2D eigenvalue weighted by Gasteiger charge is -2.28. The smallest absolute Gasteiger partial charge is 0.105 e. The maximum absolute atomic E-state index is 8.54. The van der Waals surface area contributed by atoms with Crippen molar-refractivity contribution in [3.05, 3.63) is 36.8 Å². The van der Waals surface area contributed by atoms with Gasteiger partial charge < -0.3 is 10.2 Å². The van der Waals surface area contributed by atoms with E-state index in [2.05, 4.69) is 36.4 Å².